The van der Waals surface area contributed by atoms with Gasteiger partial charge in [0, 0.05) is 17.6 Å². The van der Waals surface area contributed by atoms with Crippen LogP contribution in [0, 0.1) is 0 Å². The van der Waals surface area contributed by atoms with Crippen molar-refractivity contribution in [2.24, 2.45) is 0 Å². The normalized spacial score (nSPS) is 12.8. The van der Waals surface area contributed by atoms with Crippen molar-refractivity contribution in [1.29, 1.82) is 0 Å². The summed E-state index contributed by atoms with van der Waals surface area (Å²) in [7, 11) is -4.09. The Morgan fingerprint density at radius 2 is 1.47 bits per heavy atom. The average Bonchev–Trinajstić information content (AvgIpc) is 2.93. The van der Waals surface area contributed by atoms with Crippen LogP contribution in [0.3, 0.4) is 0 Å². The molecule has 0 unspecified atom stereocenters. The van der Waals surface area contributed by atoms with E-state index < -0.39 is 28.5 Å². The van der Waals surface area contributed by atoms with E-state index in [2.05, 4.69) is 5.32 Å². The van der Waals surface area contributed by atoms with Crippen LogP contribution in [-0.4, -0.2) is 50.3 Å². The number of sulfonamides is 1. The molecule has 7 nitrogen and oxygen atoms in total. The summed E-state index contributed by atoms with van der Waals surface area (Å²) in [4.78, 5) is 28.3. The van der Waals surface area contributed by atoms with E-state index in [1.807, 2.05) is 44.2 Å². The Morgan fingerprint density at radius 1 is 0.895 bits per heavy atom. The zero-order chi connectivity index (χ0) is 27.7. The van der Waals surface area contributed by atoms with Gasteiger partial charge in [-0.25, -0.2) is 8.42 Å². The summed E-state index contributed by atoms with van der Waals surface area (Å²) in [5, 5.41) is 3.37. The van der Waals surface area contributed by atoms with E-state index in [1.165, 1.54) is 17.0 Å². The molecule has 38 heavy (non-hydrogen) atoms. The number of nitrogens with zero attached hydrogens (tertiary/aromatic N) is 2. The molecule has 0 aromatic heterocycles. The lowest BCUT2D eigenvalue weighted by Gasteiger charge is -2.32. The number of benzene rings is 3. The molecule has 0 spiro atoms. The zero-order valence-electron chi connectivity index (χ0n) is 21.9. The molecule has 3 aromatic carbocycles. The Labute approximate surface area is 230 Å². The summed E-state index contributed by atoms with van der Waals surface area (Å²) in [5.74, 6) is -0.771. The van der Waals surface area contributed by atoms with Gasteiger partial charge in [0.25, 0.3) is 10.0 Å². The Hall–Kier alpha value is -3.36. The van der Waals surface area contributed by atoms with Crippen molar-refractivity contribution >= 4 is 39.1 Å². The number of carbonyl (C=O) groups is 2. The second-order valence-corrected chi connectivity index (χ2v) is 11.4. The predicted octanol–water partition coefficient (Wildman–Crippen LogP) is 4.91. The van der Waals surface area contributed by atoms with Gasteiger partial charge >= 0.3 is 0 Å². The van der Waals surface area contributed by atoms with E-state index in [0.29, 0.717) is 17.1 Å². The topological polar surface area (TPSA) is 86.8 Å². The van der Waals surface area contributed by atoms with Crippen LogP contribution in [0.25, 0.3) is 0 Å². The fraction of sp³-hybridized carbons (Fsp3) is 0.310. The smallest absolute Gasteiger partial charge is 0.264 e. The lowest BCUT2D eigenvalue weighted by molar-refractivity contribution is -0.139. The van der Waals surface area contributed by atoms with Gasteiger partial charge in [0.2, 0.25) is 11.8 Å². The fourth-order valence-corrected chi connectivity index (χ4v) is 5.45. The Morgan fingerprint density at radius 3 is 2.05 bits per heavy atom. The number of amides is 2. The first-order valence-electron chi connectivity index (χ1n) is 12.6. The molecule has 3 aromatic rings. The van der Waals surface area contributed by atoms with Crippen molar-refractivity contribution in [3.05, 3.63) is 95.5 Å². The van der Waals surface area contributed by atoms with Gasteiger partial charge in [0.15, 0.2) is 0 Å². The van der Waals surface area contributed by atoms with Crippen LogP contribution in [0.1, 0.15) is 32.8 Å². The molecule has 0 bridgehead atoms. The standard InChI is InChI=1S/C29H34ClN3O4S/c1-4-22(2)31-29(35)23(3)32(20-19-24-11-7-5-8-12-24)28(34)21-33(26-17-15-25(30)16-18-26)38(36,37)27-13-9-6-10-14-27/h5-18,22-23H,4,19-21H2,1-3H3,(H,31,35)/t22-,23+/m1/s1. The highest BCUT2D eigenvalue weighted by Crippen LogP contribution is 2.25. The third-order valence-electron chi connectivity index (χ3n) is 6.38. The maximum absolute atomic E-state index is 13.8. The second kappa shape index (κ2) is 13.4. The van der Waals surface area contributed by atoms with E-state index in [4.69, 9.17) is 11.6 Å². The van der Waals surface area contributed by atoms with Crippen LogP contribution in [0.2, 0.25) is 5.02 Å². The lowest BCUT2D eigenvalue weighted by Crippen LogP contribution is -2.53. The Kier molecular flexibility index (Phi) is 10.3. The summed E-state index contributed by atoms with van der Waals surface area (Å²) < 4.78 is 28.4. The van der Waals surface area contributed by atoms with E-state index in [9.17, 15) is 18.0 Å². The van der Waals surface area contributed by atoms with Crippen LogP contribution in [0.5, 0.6) is 0 Å². The molecular weight excluding hydrogens is 522 g/mol. The second-order valence-electron chi connectivity index (χ2n) is 9.12. The molecule has 0 heterocycles. The van der Waals surface area contributed by atoms with Crippen molar-refractivity contribution in [2.75, 3.05) is 17.4 Å². The van der Waals surface area contributed by atoms with E-state index in [-0.39, 0.29) is 23.4 Å². The molecule has 0 aliphatic carbocycles. The van der Waals surface area contributed by atoms with Crippen molar-refractivity contribution in [3.63, 3.8) is 0 Å². The summed E-state index contributed by atoms with van der Waals surface area (Å²) in [6.07, 6.45) is 1.26. The molecule has 2 amide bonds. The number of anilines is 1. The van der Waals surface area contributed by atoms with E-state index >= 15 is 0 Å². The summed E-state index contributed by atoms with van der Waals surface area (Å²) in [6.45, 7) is 5.30. The van der Waals surface area contributed by atoms with Crippen LogP contribution >= 0.6 is 11.6 Å². The first-order chi connectivity index (χ1) is 18.1. The van der Waals surface area contributed by atoms with Crippen molar-refractivity contribution in [3.8, 4) is 0 Å². The lowest BCUT2D eigenvalue weighted by atomic mass is 10.1. The minimum atomic E-state index is -4.09. The third kappa shape index (κ3) is 7.58. The predicted molar refractivity (Wildman–Crippen MR) is 152 cm³/mol. The van der Waals surface area contributed by atoms with Gasteiger partial charge < -0.3 is 10.2 Å². The third-order valence-corrected chi connectivity index (χ3v) is 8.42. The largest absolute Gasteiger partial charge is 0.352 e. The molecule has 9 heteroatoms. The summed E-state index contributed by atoms with van der Waals surface area (Å²) in [6, 6.07) is 23.0. The molecule has 0 aliphatic rings. The van der Waals surface area contributed by atoms with Crippen molar-refractivity contribution in [1.82, 2.24) is 10.2 Å². The molecule has 1 N–H and O–H groups in total. The van der Waals surface area contributed by atoms with Gasteiger partial charge in [0.1, 0.15) is 12.6 Å². The highest BCUT2D eigenvalue weighted by Gasteiger charge is 2.32. The minimum Gasteiger partial charge on any atom is -0.352 e. The molecule has 0 saturated carbocycles. The average molecular weight is 556 g/mol. The number of nitrogens with one attached hydrogen (secondary N) is 1. The number of hydrogen-bond donors (Lipinski definition) is 1. The molecule has 0 fully saturated rings. The summed E-state index contributed by atoms with van der Waals surface area (Å²) >= 11 is 6.05. The van der Waals surface area contributed by atoms with Crippen LogP contribution < -0.4 is 9.62 Å². The van der Waals surface area contributed by atoms with Gasteiger partial charge in [-0.2, -0.15) is 0 Å². The van der Waals surface area contributed by atoms with Crippen LogP contribution in [0.15, 0.2) is 89.8 Å². The molecule has 0 saturated heterocycles. The number of rotatable bonds is 12. The monoisotopic (exact) mass is 555 g/mol. The zero-order valence-corrected chi connectivity index (χ0v) is 23.5. The van der Waals surface area contributed by atoms with Crippen molar-refractivity contribution < 1.29 is 18.0 Å². The van der Waals surface area contributed by atoms with Crippen LogP contribution in [-0.2, 0) is 26.0 Å². The van der Waals surface area contributed by atoms with Gasteiger partial charge in [-0.1, -0.05) is 67.1 Å². The minimum absolute atomic E-state index is 0.0555. The van der Waals surface area contributed by atoms with Crippen molar-refractivity contribution in [2.45, 2.75) is 50.6 Å². The number of halogens is 1. The molecule has 202 valence electrons. The van der Waals surface area contributed by atoms with E-state index in [0.717, 1.165) is 16.3 Å². The highest BCUT2D eigenvalue weighted by atomic mass is 35.5. The quantitative estimate of drug-likeness (QED) is 0.344. The fourth-order valence-electron chi connectivity index (χ4n) is 3.89. The number of carbonyl (C=O) groups excluding carboxylic acids is 2. The van der Waals surface area contributed by atoms with E-state index in [1.54, 1.807) is 49.4 Å². The Bertz CT molecular complexity index is 1300. The molecular formula is C29H34ClN3O4S. The maximum atomic E-state index is 13.8. The highest BCUT2D eigenvalue weighted by molar-refractivity contribution is 7.92. The molecule has 3 rings (SSSR count). The molecule has 0 radical (unpaired) electrons. The first kappa shape index (κ1) is 29.2. The number of hydrogen-bond acceptors (Lipinski definition) is 4. The van der Waals surface area contributed by atoms with Gasteiger partial charge in [-0.3, -0.25) is 13.9 Å². The van der Waals surface area contributed by atoms with Gasteiger partial charge in [-0.05, 0) is 68.7 Å². The van der Waals surface area contributed by atoms with Crippen LogP contribution in [0.4, 0.5) is 5.69 Å². The first-order valence-corrected chi connectivity index (χ1v) is 14.4. The molecule has 2 atom stereocenters. The SMILES string of the molecule is CC[C@@H](C)NC(=O)[C@H](C)N(CCc1ccccc1)C(=O)CN(c1ccc(Cl)cc1)S(=O)(=O)c1ccccc1. The summed E-state index contributed by atoms with van der Waals surface area (Å²) in [5.41, 5.74) is 1.30. The molecule has 0 aliphatic heterocycles. The van der Waals surface area contributed by atoms with Gasteiger partial charge in [0.05, 0.1) is 10.6 Å². The van der Waals surface area contributed by atoms with Gasteiger partial charge in [-0.15, -0.1) is 0 Å². The Balaban J connectivity index is 1.95. The maximum Gasteiger partial charge on any atom is 0.264 e.